The van der Waals surface area contributed by atoms with E-state index >= 15 is 0 Å². The highest BCUT2D eigenvalue weighted by molar-refractivity contribution is 5.93. The van der Waals surface area contributed by atoms with Gasteiger partial charge in [0.1, 0.15) is 11.5 Å². The fraction of sp³-hybridized carbons (Fsp3) is 0.190. The standard InChI is InChI=1S/C21H21N3O5/c1-13(25)23-15-6-4-5-14(9-15)12-22-21(26)18-11-20(29-24-18)17-10-16(27-2)7-8-19(17)28-3/h4-11H,12H2,1-3H3,(H,22,26)(H,23,25). The lowest BCUT2D eigenvalue weighted by Crippen LogP contribution is -2.23. The molecule has 3 rings (SSSR count). The molecule has 0 saturated heterocycles. The van der Waals surface area contributed by atoms with E-state index in [2.05, 4.69) is 15.8 Å². The van der Waals surface area contributed by atoms with Crippen LogP contribution in [0.4, 0.5) is 5.69 Å². The molecule has 8 heteroatoms. The Balaban J connectivity index is 1.71. The normalized spacial score (nSPS) is 10.3. The molecule has 2 aromatic carbocycles. The number of hydrogen-bond acceptors (Lipinski definition) is 6. The summed E-state index contributed by atoms with van der Waals surface area (Å²) >= 11 is 0. The van der Waals surface area contributed by atoms with Gasteiger partial charge in [0, 0.05) is 25.2 Å². The molecule has 3 aromatic rings. The van der Waals surface area contributed by atoms with Crippen LogP contribution in [0.5, 0.6) is 11.5 Å². The van der Waals surface area contributed by atoms with Crippen LogP contribution < -0.4 is 20.1 Å². The molecule has 0 radical (unpaired) electrons. The first-order chi connectivity index (χ1) is 14.0. The van der Waals surface area contributed by atoms with E-state index in [4.69, 9.17) is 14.0 Å². The molecular formula is C21H21N3O5. The first kappa shape index (κ1) is 19.9. The average Bonchev–Trinajstić information content (AvgIpc) is 3.21. The third kappa shape index (κ3) is 4.92. The SMILES string of the molecule is COc1ccc(OC)c(-c2cc(C(=O)NCc3cccc(NC(C)=O)c3)no2)c1. The summed E-state index contributed by atoms with van der Waals surface area (Å²) in [5.74, 6) is 1.05. The van der Waals surface area contributed by atoms with Crippen molar-refractivity contribution in [2.75, 3.05) is 19.5 Å². The third-order valence-corrected chi connectivity index (χ3v) is 4.12. The Labute approximate surface area is 167 Å². The number of aromatic nitrogens is 1. The van der Waals surface area contributed by atoms with Crippen molar-refractivity contribution in [3.63, 3.8) is 0 Å². The second kappa shape index (κ2) is 8.92. The molecule has 2 N–H and O–H groups in total. The fourth-order valence-corrected chi connectivity index (χ4v) is 2.75. The summed E-state index contributed by atoms with van der Waals surface area (Å²) in [4.78, 5) is 23.6. The number of hydrogen-bond donors (Lipinski definition) is 2. The van der Waals surface area contributed by atoms with Crippen LogP contribution in [-0.4, -0.2) is 31.2 Å². The summed E-state index contributed by atoms with van der Waals surface area (Å²) in [6, 6.07) is 14.0. The zero-order chi connectivity index (χ0) is 20.8. The number of methoxy groups -OCH3 is 2. The van der Waals surface area contributed by atoms with Gasteiger partial charge >= 0.3 is 0 Å². The molecule has 150 valence electrons. The van der Waals surface area contributed by atoms with Crippen LogP contribution in [0.2, 0.25) is 0 Å². The van der Waals surface area contributed by atoms with Crippen molar-refractivity contribution < 1.29 is 23.6 Å². The van der Waals surface area contributed by atoms with Gasteiger partial charge in [0.05, 0.1) is 19.8 Å². The van der Waals surface area contributed by atoms with E-state index < -0.39 is 0 Å². The van der Waals surface area contributed by atoms with Gasteiger partial charge in [-0.2, -0.15) is 0 Å². The van der Waals surface area contributed by atoms with Crippen molar-refractivity contribution in [2.24, 2.45) is 0 Å². The van der Waals surface area contributed by atoms with Gasteiger partial charge in [0.25, 0.3) is 5.91 Å². The van der Waals surface area contributed by atoms with E-state index in [0.717, 1.165) is 5.56 Å². The third-order valence-electron chi connectivity index (χ3n) is 4.12. The van der Waals surface area contributed by atoms with Gasteiger partial charge in [-0.15, -0.1) is 0 Å². The number of anilines is 1. The van der Waals surface area contributed by atoms with Gasteiger partial charge < -0.3 is 24.6 Å². The molecule has 0 fully saturated rings. The van der Waals surface area contributed by atoms with Gasteiger partial charge in [0.2, 0.25) is 5.91 Å². The Morgan fingerprint density at radius 1 is 1.07 bits per heavy atom. The van der Waals surface area contributed by atoms with Crippen molar-refractivity contribution in [3.05, 3.63) is 59.8 Å². The van der Waals surface area contributed by atoms with Crippen LogP contribution in [-0.2, 0) is 11.3 Å². The highest BCUT2D eigenvalue weighted by Gasteiger charge is 2.17. The monoisotopic (exact) mass is 395 g/mol. The first-order valence-corrected chi connectivity index (χ1v) is 8.84. The average molecular weight is 395 g/mol. The van der Waals surface area contributed by atoms with E-state index in [1.54, 1.807) is 56.7 Å². The van der Waals surface area contributed by atoms with Crippen LogP contribution in [0.3, 0.4) is 0 Å². The summed E-state index contributed by atoms with van der Waals surface area (Å²) in [5, 5.41) is 9.34. The van der Waals surface area contributed by atoms with Gasteiger partial charge in [-0.3, -0.25) is 9.59 Å². The smallest absolute Gasteiger partial charge is 0.273 e. The maximum Gasteiger partial charge on any atom is 0.273 e. The van der Waals surface area contributed by atoms with Gasteiger partial charge in [-0.1, -0.05) is 17.3 Å². The van der Waals surface area contributed by atoms with Crippen LogP contribution in [0.15, 0.2) is 53.1 Å². The molecule has 2 amide bonds. The first-order valence-electron chi connectivity index (χ1n) is 8.84. The molecule has 0 unspecified atom stereocenters. The molecular weight excluding hydrogens is 374 g/mol. The quantitative estimate of drug-likeness (QED) is 0.637. The molecule has 0 atom stereocenters. The van der Waals surface area contributed by atoms with E-state index in [-0.39, 0.29) is 24.1 Å². The van der Waals surface area contributed by atoms with E-state index in [0.29, 0.717) is 28.5 Å². The van der Waals surface area contributed by atoms with E-state index in [9.17, 15) is 9.59 Å². The molecule has 0 aliphatic carbocycles. The number of carbonyl (C=O) groups excluding carboxylic acids is 2. The zero-order valence-electron chi connectivity index (χ0n) is 16.3. The molecule has 0 aliphatic rings. The molecule has 29 heavy (non-hydrogen) atoms. The Hall–Kier alpha value is -3.81. The minimum absolute atomic E-state index is 0.142. The summed E-state index contributed by atoms with van der Waals surface area (Å²) in [6.45, 7) is 1.71. The molecule has 0 aliphatic heterocycles. The second-order valence-corrected chi connectivity index (χ2v) is 6.21. The Kier molecular flexibility index (Phi) is 6.13. The number of amides is 2. The van der Waals surface area contributed by atoms with E-state index in [1.165, 1.54) is 6.92 Å². The Bertz CT molecular complexity index is 1030. The van der Waals surface area contributed by atoms with Crippen molar-refractivity contribution in [1.82, 2.24) is 10.5 Å². The molecule has 1 heterocycles. The van der Waals surface area contributed by atoms with Crippen molar-refractivity contribution in [1.29, 1.82) is 0 Å². The fourth-order valence-electron chi connectivity index (χ4n) is 2.75. The summed E-state index contributed by atoms with van der Waals surface area (Å²) in [7, 11) is 3.11. The number of nitrogens with zero attached hydrogens (tertiary/aromatic N) is 1. The summed E-state index contributed by atoms with van der Waals surface area (Å²) in [5.41, 5.74) is 2.27. The molecule has 1 aromatic heterocycles. The van der Waals surface area contributed by atoms with Crippen LogP contribution >= 0.6 is 0 Å². The minimum Gasteiger partial charge on any atom is -0.497 e. The molecule has 0 bridgehead atoms. The second-order valence-electron chi connectivity index (χ2n) is 6.21. The maximum atomic E-state index is 12.4. The van der Waals surface area contributed by atoms with Gasteiger partial charge in [-0.25, -0.2) is 0 Å². The van der Waals surface area contributed by atoms with Crippen LogP contribution in [0.1, 0.15) is 23.0 Å². The topological polar surface area (TPSA) is 103 Å². The minimum atomic E-state index is -0.383. The Morgan fingerprint density at radius 2 is 1.90 bits per heavy atom. The predicted octanol–water partition coefficient (Wildman–Crippen LogP) is 3.25. The molecule has 0 saturated carbocycles. The van der Waals surface area contributed by atoms with Crippen molar-refractivity contribution in [2.45, 2.75) is 13.5 Å². The van der Waals surface area contributed by atoms with Crippen LogP contribution in [0.25, 0.3) is 11.3 Å². The van der Waals surface area contributed by atoms with Crippen LogP contribution in [0, 0.1) is 0 Å². The number of ether oxygens (including phenoxy) is 2. The lowest BCUT2D eigenvalue weighted by Gasteiger charge is -2.07. The zero-order valence-corrected chi connectivity index (χ0v) is 16.3. The molecule has 8 nitrogen and oxygen atoms in total. The number of rotatable bonds is 7. The predicted molar refractivity (Wildman–Crippen MR) is 107 cm³/mol. The van der Waals surface area contributed by atoms with E-state index in [1.807, 2.05) is 6.07 Å². The lowest BCUT2D eigenvalue weighted by molar-refractivity contribution is -0.114. The molecule has 0 spiro atoms. The largest absolute Gasteiger partial charge is 0.497 e. The maximum absolute atomic E-state index is 12.4. The number of benzene rings is 2. The Morgan fingerprint density at radius 3 is 2.62 bits per heavy atom. The summed E-state index contributed by atoms with van der Waals surface area (Å²) in [6.07, 6.45) is 0. The lowest BCUT2D eigenvalue weighted by atomic mass is 10.1. The highest BCUT2D eigenvalue weighted by atomic mass is 16.5. The summed E-state index contributed by atoms with van der Waals surface area (Å²) < 4.78 is 15.9. The van der Waals surface area contributed by atoms with Crippen molar-refractivity contribution >= 4 is 17.5 Å². The van der Waals surface area contributed by atoms with Gasteiger partial charge in [0.15, 0.2) is 11.5 Å². The highest BCUT2D eigenvalue weighted by Crippen LogP contribution is 2.33. The number of carbonyl (C=O) groups is 2. The van der Waals surface area contributed by atoms with Gasteiger partial charge in [-0.05, 0) is 35.9 Å². The number of nitrogens with one attached hydrogen (secondary N) is 2. The van der Waals surface area contributed by atoms with Crippen molar-refractivity contribution in [3.8, 4) is 22.8 Å².